The van der Waals surface area contributed by atoms with Crippen LogP contribution in [0.15, 0.2) is 11.8 Å². The van der Waals surface area contributed by atoms with Crippen LogP contribution in [0.1, 0.15) is 13.8 Å². The summed E-state index contributed by atoms with van der Waals surface area (Å²) >= 11 is 0. The van der Waals surface area contributed by atoms with Gasteiger partial charge in [0.05, 0.1) is 0 Å². The largest absolute Gasteiger partial charge is 0.372 e. The second-order valence-corrected chi connectivity index (χ2v) is 4.99. The average Bonchev–Trinajstić information content (AvgIpc) is 2.15. The zero-order valence-electron chi connectivity index (χ0n) is 12.2. The molecule has 0 aromatic carbocycles. The van der Waals surface area contributed by atoms with Gasteiger partial charge in [-0.15, -0.1) is 0 Å². The first kappa shape index (κ1) is 16.1. The minimum absolute atomic E-state index is 0.113. The molecule has 0 amide bonds. The molecule has 0 fully saturated rings. The third-order valence-electron chi connectivity index (χ3n) is 2.55. The molecule has 4 heteroatoms. The second kappa shape index (κ2) is 8.25. The molecule has 0 N–H and O–H groups in total. The summed E-state index contributed by atoms with van der Waals surface area (Å²) in [7, 11) is 8.25. The standard InChI is InChI=1S/C13H27N3O/c1-12(11-13(2)17)16(9-7-14(3)4)10-8-15(5)6/h11H,7-10H2,1-6H3/b12-11+. The number of carbonyl (C=O) groups is 1. The van der Waals surface area contributed by atoms with E-state index in [1.165, 1.54) is 0 Å². The van der Waals surface area contributed by atoms with Gasteiger partial charge in [-0.1, -0.05) is 0 Å². The van der Waals surface area contributed by atoms with Crippen molar-refractivity contribution in [3.8, 4) is 0 Å². The number of rotatable bonds is 8. The molecule has 0 unspecified atom stereocenters. The molecule has 0 saturated heterocycles. The molecule has 4 nitrogen and oxygen atoms in total. The van der Waals surface area contributed by atoms with Crippen LogP contribution in [0.25, 0.3) is 0 Å². The van der Waals surface area contributed by atoms with Crippen molar-refractivity contribution < 1.29 is 4.79 Å². The van der Waals surface area contributed by atoms with Crippen LogP contribution in [0.4, 0.5) is 0 Å². The van der Waals surface area contributed by atoms with Gasteiger partial charge >= 0.3 is 0 Å². The fourth-order valence-corrected chi connectivity index (χ4v) is 1.49. The van der Waals surface area contributed by atoms with Gasteiger partial charge < -0.3 is 14.7 Å². The van der Waals surface area contributed by atoms with Crippen molar-refractivity contribution in [2.24, 2.45) is 0 Å². The molecule has 0 spiro atoms. The van der Waals surface area contributed by atoms with E-state index in [1.54, 1.807) is 13.0 Å². The van der Waals surface area contributed by atoms with Gasteiger partial charge in [0.2, 0.25) is 0 Å². The molecular formula is C13H27N3O. The third kappa shape index (κ3) is 8.89. The van der Waals surface area contributed by atoms with Gasteiger partial charge in [-0.2, -0.15) is 0 Å². The van der Waals surface area contributed by atoms with Crippen molar-refractivity contribution >= 4 is 5.78 Å². The number of likely N-dealkylation sites (N-methyl/N-ethyl adjacent to an activating group) is 2. The number of hydrogen-bond acceptors (Lipinski definition) is 4. The average molecular weight is 241 g/mol. The summed E-state index contributed by atoms with van der Waals surface area (Å²) in [6, 6.07) is 0. The summed E-state index contributed by atoms with van der Waals surface area (Å²) < 4.78 is 0. The molecule has 0 aliphatic carbocycles. The fraction of sp³-hybridized carbons (Fsp3) is 0.769. The lowest BCUT2D eigenvalue weighted by atomic mass is 10.3. The van der Waals surface area contributed by atoms with Crippen LogP contribution in [0, 0.1) is 0 Å². The summed E-state index contributed by atoms with van der Waals surface area (Å²) in [4.78, 5) is 17.7. The highest BCUT2D eigenvalue weighted by Gasteiger charge is 2.07. The van der Waals surface area contributed by atoms with Crippen LogP contribution in [0.5, 0.6) is 0 Å². The van der Waals surface area contributed by atoms with Crippen LogP contribution in [-0.2, 0) is 4.79 Å². The lowest BCUT2D eigenvalue weighted by Crippen LogP contribution is -2.35. The van der Waals surface area contributed by atoms with Crippen LogP contribution in [0.2, 0.25) is 0 Å². The van der Waals surface area contributed by atoms with E-state index < -0.39 is 0 Å². The van der Waals surface area contributed by atoms with Gasteiger partial charge in [-0.25, -0.2) is 0 Å². The van der Waals surface area contributed by atoms with E-state index in [1.807, 2.05) is 6.92 Å². The van der Waals surface area contributed by atoms with Gasteiger partial charge in [0.1, 0.15) is 0 Å². The Bertz CT molecular complexity index is 247. The van der Waals surface area contributed by atoms with Gasteiger partial charge in [-0.05, 0) is 48.1 Å². The summed E-state index contributed by atoms with van der Waals surface area (Å²) in [6.45, 7) is 7.51. The number of nitrogens with zero attached hydrogens (tertiary/aromatic N) is 3. The Balaban J connectivity index is 4.43. The minimum Gasteiger partial charge on any atom is -0.372 e. The van der Waals surface area contributed by atoms with Gasteiger partial charge in [0.25, 0.3) is 0 Å². The van der Waals surface area contributed by atoms with Crippen molar-refractivity contribution in [3.63, 3.8) is 0 Å². The maximum absolute atomic E-state index is 11.1. The first-order chi connectivity index (χ1) is 7.82. The quantitative estimate of drug-likeness (QED) is 0.590. The van der Waals surface area contributed by atoms with Crippen molar-refractivity contribution in [2.75, 3.05) is 54.4 Å². The molecule has 0 aromatic heterocycles. The molecule has 0 rings (SSSR count). The molecule has 0 heterocycles. The summed E-state index contributed by atoms with van der Waals surface area (Å²) in [5.41, 5.74) is 1.06. The lowest BCUT2D eigenvalue weighted by molar-refractivity contribution is -0.112. The Kier molecular flexibility index (Phi) is 7.83. The Hall–Kier alpha value is -0.870. The highest BCUT2D eigenvalue weighted by atomic mass is 16.1. The molecule has 100 valence electrons. The fourth-order valence-electron chi connectivity index (χ4n) is 1.49. The van der Waals surface area contributed by atoms with Gasteiger partial charge in [-0.3, -0.25) is 4.79 Å². The van der Waals surface area contributed by atoms with E-state index in [2.05, 4.69) is 42.9 Å². The number of hydrogen-bond donors (Lipinski definition) is 0. The molecule has 0 atom stereocenters. The minimum atomic E-state index is 0.113. The lowest BCUT2D eigenvalue weighted by Gasteiger charge is -2.28. The molecule has 0 aliphatic rings. The van der Waals surface area contributed by atoms with Gasteiger partial charge in [0.15, 0.2) is 5.78 Å². The first-order valence-electron chi connectivity index (χ1n) is 6.06. The smallest absolute Gasteiger partial charge is 0.154 e. The van der Waals surface area contributed by atoms with Crippen molar-refractivity contribution in [3.05, 3.63) is 11.8 Å². The highest BCUT2D eigenvalue weighted by molar-refractivity contribution is 5.87. The van der Waals surface area contributed by atoms with Crippen LogP contribution in [0.3, 0.4) is 0 Å². The zero-order valence-corrected chi connectivity index (χ0v) is 12.2. The van der Waals surface area contributed by atoms with E-state index in [9.17, 15) is 4.79 Å². The Morgan fingerprint density at radius 3 is 1.59 bits per heavy atom. The normalized spacial score (nSPS) is 12.4. The molecule has 0 radical (unpaired) electrons. The van der Waals surface area contributed by atoms with E-state index >= 15 is 0 Å². The maximum atomic E-state index is 11.1. The SMILES string of the molecule is CC(=O)/C=C(\C)N(CCN(C)C)CCN(C)C. The van der Waals surface area contributed by atoms with E-state index in [0.29, 0.717) is 0 Å². The molecule has 0 aliphatic heterocycles. The summed E-state index contributed by atoms with van der Waals surface area (Å²) in [5, 5.41) is 0. The second-order valence-electron chi connectivity index (χ2n) is 4.99. The van der Waals surface area contributed by atoms with Crippen LogP contribution in [-0.4, -0.2) is 74.9 Å². The van der Waals surface area contributed by atoms with Crippen LogP contribution >= 0.6 is 0 Å². The molecular weight excluding hydrogens is 214 g/mol. The number of ketones is 1. The highest BCUT2D eigenvalue weighted by Crippen LogP contribution is 2.03. The predicted molar refractivity (Wildman–Crippen MR) is 73.1 cm³/mol. The van der Waals surface area contributed by atoms with E-state index in [4.69, 9.17) is 0 Å². The van der Waals surface area contributed by atoms with E-state index in [0.717, 1.165) is 31.9 Å². The zero-order chi connectivity index (χ0) is 13.4. The van der Waals surface area contributed by atoms with Crippen molar-refractivity contribution in [1.82, 2.24) is 14.7 Å². The summed E-state index contributed by atoms with van der Waals surface area (Å²) in [6.07, 6.45) is 1.71. The first-order valence-corrected chi connectivity index (χ1v) is 6.06. The predicted octanol–water partition coefficient (Wildman–Crippen LogP) is 0.904. The van der Waals surface area contributed by atoms with Gasteiger partial charge in [0, 0.05) is 31.9 Å². The van der Waals surface area contributed by atoms with Crippen LogP contribution < -0.4 is 0 Å². The Morgan fingerprint density at radius 2 is 1.29 bits per heavy atom. The van der Waals surface area contributed by atoms with E-state index in [-0.39, 0.29) is 5.78 Å². The third-order valence-corrected chi connectivity index (χ3v) is 2.55. The Morgan fingerprint density at radius 1 is 0.882 bits per heavy atom. The number of allylic oxidation sites excluding steroid dienone is 2. The Labute approximate surface area is 106 Å². The topological polar surface area (TPSA) is 26.8 Å². The monoisotopic (exact) mass is 241 g/mol. The molecule has 0 saturated carbocycles. The molecule has 17 heavy (non-hydrogen) atoms. The number of carbonyl (C=O) groups excluding carboxylic acids is 1. The van der Waals surface area contributed by atoms with Crippen molar-refractivity contribution in [1.29, 1.82) is 0 Å². The molecule has 0 aromatic rings. The summed E-state index contributed by atoms with van der Waals surface area (Å²) in [5.74, 6) is 0.113. The maximum Gasteiger partial charge on any atom is 0.154 e. The van der Waals surface area contributed by atoms with Crippen molar-refractivity contribution in [2.45, 2.75) is 13.8 Å². The molecule has 0 bridgehead atoms.